The Bertz CT molecular complexity index is 349. The van der Waals surface area contributed by atoms with Gasteiger partial charge in [-0.25, -0.2) is 4.98 Å². The maximum absolute atomic E-state index is 11.0. The van der Waals surface area contributed by atoms with Gasteiger partial charge in [0.05, 0.1) is 12.2 Å². The molecule has 2 N–H and O–H groups in total. The summed E-state index contributed by atoms with van der Waals surface area (Å²) in [6.45, 7) is 1.71. The van der Waals surface area contributed by atoms with Crippen LogP contribution in [0.3, 0.4) is 0 Å². The smallest absolute Gasteiger partial charge is 0.306 e. The van der Waals surface area contributed by atoms with Crippen LogP contribution in [0.25, 0.3) is 0 Å². The second-order valence-electron chi connectivity index (χ2n) is 4.00. The molecule has 0 saturated heterocycles. The van der Waals surface area contributed by atoms with Gasteiger partial charge in [0.1, 0.15) is 0 Å². The van der Waals surface area contributed by atoms with Gasteiger partial charge in [-0.05, 0) is 12.8 Å². The lowest BCUT2D eigenvalue weighted by Gasteiger charge is -2.20. The van der Waals surface area contributed by atoms with Crippen LogP contribution in [0.5, 0.6) is 0 Å². The van der Waals surface area contributed by atoms with Crippen molar-refractivity contribution in [1.29, 1.82) is 0 Å². The molecule has 0 spiro atoms. The lowest BCUT2D eigenvalue weighted by atomic mass is 9.87. The number of rotatable bonds is 6. The van der Waals surface area contributed by atoms with Crippen molar-refractivity contribution >= 4 is 5.97 Å². The molecule has 0 aliphatic carbocycles. The van der Waals surface area contributed by atoms with E-state index in [1.807, 2.05) is 18.5 Å². The number of imidazole rings is 1. The van der Waals surface area contributed by atoms with E-state index in [2.05, 4.69) is 4.98 Å². The lowest BCUT2D eigenvalue weighted by Crippen LogP contribution is -2.28. The van der Waals surface area contributed by atoms with E-state index in [9.17, 15) is 9.90 Å². The summed E-state index contributed by atoms with van der Waals surface area (Å²) in [5.74, 6) is -1.60. The van der Waals surface area contributed by atoms with Gasteiger partial charge < -0.3 is 14.8 Å². The van der Waals surface area contributed by atoms with E-state index in [1.54, 1.807) is 12.5 Å². The van der Waals surface area contributed by atoms with Gasteiger partial charge in [-0.1, -0.05) is 6.92 Å². The Hall–Kier alpha value is -1.36. The molecule has 1 heterocycles. The van der Waals surface area contributed by atoms with E-state index in [4.69, 9.17) is 5.11 Å². The molecule has 0 aromatic carbocycles. The van der Waals surface area contributed by atoms with Crippen LogP contribution in [-0.2, 0) is 18.3 Å². The van der Waals surface area contributed by atoms with E-state index in [0.29, 0.717) is 12.8 Å². The summed E-state index contributed by atoms with van der Waals surface area (Å²) < 4.78 is 1.84. The van der Waals surface area contributed by atoms with Crippen molar-refractivity contribution in [3.05, 3.63) is 18.2 Å². The van der Waals surface area contributed by atoms with Crippen molar-refractivity contribution < 1.29 is 15.0 Å². The van der Waals surface area contributed by atoms with Crippen molar-refractivity contribution in [2.45, 2.75) is 19.8 Å². The van der Waals surface area contributed by atoms with Gasteiger partial charge in [-0.2, -0.15) is 0 Å². The first kappa shape index (κ1) is 12.7. The van der Waals surface area contributed by atoms with Crippen LogP contribution in [0.2, 0.25) is 0 Å². The minimum atomic E-state index is -0.844. The molecule has 0 aliphatic heterocycles. The predicted molar refractivity (Wildman–Crippen MR) is 58.9 cm³/mol. The monoisotopic (exact) mass is 226 g/mol. The number of carbonyl (C=O) groups is 1. The highest BCUT2D eigenvalue weighted by Gasteiger charge is 2.26. The molecule has 0 radical (unpaired) electrons. The predicted octanol–water partition coefficient (Wildman–Crippen LogP) is 0.682. The second-order valence-corrected chi connectivity index (χ2v) is 4.00. The van der Waals surface area contributed by atoms with Crippen LogP contribution in [0.1, 0.15) is 19.0 Å². The highest BCUT2D eigenvalue weighted by atomic mass is 16.4. The quantitative estimate of drug-likeness (QED) is 0.748. The molecule has 1 aromatic heterocycles. The normalized spacial score (nSPS) is 14.7. The zero-order valence-electron chi connectivity index (χ0n) is 9.63. The number of hydrogen-bond acceptors (Lipinski definition) is 3. The molecule has 1 aromatic rings. The maximum Gasteiger partial charge on any atom is 0.306 e. The molecule has 0 saturated carbocycles. The van der Waals surface area contributed by atoms with E-state index in [-0.39, 0.29) is 12.5 Å². The Labute approximate surface area is 94.7 Å². The molecular formula is C11H18N2O3. The number of nitrogens with zero attached hydrogens (tertiary/aromatic N) is 2. The van der Waals surface area contributed by atoms with Gasteiger partial charge in [0.25, 0.3) is 0 Å². The van der Waals surface area contributed by atoms with Crippen LogP contribution < -0.4 is 0 Å². The van der Waals surface area contributed by atoms with Crippen LogP contribution >= 0.6 is 0 Å². The fourth-order valence-electron chi connectivity index (χ4n) is 1.89. The highest BCUT2D eigenvalue weighted by Crippen LogP contribution is 2.20. The molecular weight excluding hydrogens is 208 g/mol. The van der Waals surface area contributed by atoms with Crippen LogP contribution in [0.4, 0.5) is 0 Å². The van der Waals surface area contributed by atoms with Gasteiger partial charge in [0.2, 0.25) is 0 Å². The third kappa shape index (κ3) is 2.82. The Balaban J connectivity index is 2.75. The number of aliphatic carboxylic acids is 1. The van der Waals surface area contributed by atoms with Crippen LogP contribution in [0.15, 0.2) is 12.5 Å². The number of carboxylic acid groups (broad SMARTS) is 1. The standard InChI is InChI=1S/C11H18N2O3/c1-3-10(11(15)16)8(6-14)4-9-5-12-7-13(9)2/h5,7-8,10,14H,3-4,6H2,1-2H3,(H,15,16)/t8-,10-/m0/s1. The highest BCUT2D eigenvalue weighted by molar-refractivity contribution is 5.70. The molecule has 5 nitrogen and oxygen atoms in total. The zero-order chi connectivity index (χ0) is 12.1. The minimum absolute atomic E-state index is 0.115. The topological polar surface area (TPSA) is 75.3 Å². The summed E-state index contributed by atoms with van der Waals surface area (Å²) >= 11 is 0. The Morgan fingerprint density at radius 3 is 2.69 bits per heavy atom. The number of aryl methyl sites for hydroxylation is 1. The van der Waals surface area contributed by atoms with Crippen LogP contribution in [-0.4, -0.2) is 32.3 Å². The van der Waals surface area contributed by atoms with Crippen molar-refractivity contribution in [3.63, 3.8) is 0 Å². The molecule has 16 heavy (non-hydrogen) atoms. The van der Waals surface area contributed by atoms with Crippen molar-refractivity contribution in [1.82, 2.24) is 9.55 Å². The third-order valence-corrected chi connectivity index (χ3v) is 2.95. The average Bonchev–Trinajstić information content (AvgIpc) is 2.63. The van der Waals surface area contributed by atoms with Gasteiger partial charge in [0.15, 0.2) is 0 Å². The number of carboxylic acids is 1. The molecule has 0 aliphatic rings. The second kappa shape index (κ2) is 5.65. The molecule has 5 heteroatoms. The third-order valence-electron chi connectivity index (χ3n) is 2.95. The number of aromatic nitrogens is 2. The summed E-state index contributed by atoms with van der Waals surface area (Å²) in [5.41, 5.74) is 0.943. The average molecular weight is 226 g/mol. The molecule has 2 atom stereocenters. The fourth-order valence-corrected chi connectivity index (χ4v) is 1.89. The molecule has 0 unspecified atom stereocenters. The number of aliphatic hydroxyl groups excluding tert-OH is 1. The molecule has 90 valence electrons. The number of hydrogen-bond donors (Lipinski definition) is 2. The molecule has 1 rings (SSSR count). The Morgan fingerprint density at radius 2 is 2.31 bits per heavy atom. The molecule has 0 amide bonds. The zero-order valence-corrected chi connectivity index (χ0v) is 9.63. The minimum Gasteiger partial charge on any atom is -0.481 e. The first-order chi connectivity index (χ1) is 7.60. The summed E-state index contributed by atoms with van der Waals surface area (Å²) in [5, 5.41) is 18.3. The first-order valence-electron chi connectivity index (χ1n) is 5.39. The largest absolute Gasteiger partial charge is 0.481 e. The van der Waals surface area contributed by atoms with E-state index < -0.39 is 11.9 Å². The van der Waals surface area contributed by atoms with E-state index >= 15 is 0 Å². The number of aliphatic hydroxyl groups is 1. The fraction of sp³-hybridized carbons (Fsp3) is 0.636. The van der Waals surface area contributed by atoms with Crippen molar-refractivity contribution in [2.75, 3.05) is 6.61 Å². The van der Waals surface area contributed by atoms with Gasteiger partial charge in [-0.3, -0.25) is 4.79 Å². The summed E-state index contributed by atoms with van der Waals surface area (Å²) in [6, 6.07) is 0. The summed E-state index contributed by atoms with van der Waals surface area (Å²) in [6.07, 6.45) is 4.44. The lowest BCUT2D eigenvalue weighted by molar-refractivity contribution is -0.144. The van der Waals surface area contributed by atoms with E-state index in [0.717, 1.165) is 5.69 Å². The molecule has 0 bridgehead atoms. The van der Waals surface area contributed by atoms with Gasteiger partial charge in [-0.15, -0.1) is 0 Å². The van der Waals surface area contributed by atoms with Crippen LogP contribution in [0, 0.1) is 11.8 Å². The van der Waals surface area contributed by atoms with Crippen molar-refractivity contribution in [3.8, 4) is 0 Å². The van der Waals surface area contributed by atoms with E-state index in [1.165, 1.54) is 0 Å². The van der Waals surface area contributed by atoms with Crippen molar-refractivity contribution in [2.24, 2.45) is 18.9 Å². The first-order valence-corrected chi connectivity index (χ1v) is 5.39. The van der Waals surface area contributed by atoms with Gasteiger partial charge >= 0.3 is 5.97 Å². The Kier molecular flexibility index (Phi) is 4.49. The van der Waals surface area contributed by atoms with Gasteiger partial charge in [0, 0.05) is 31.5 Å². The maximum atomic E-state index is 11.0. The SMILES string of the molecule is CC[C@H](C(=O)O)[C@H](CO)Cc1cncn1C. The summed E-state index contributed by atoms with van der Waals surface area (Å²) in [7, 11) is 1.86. The summed E-state index contributed by atoms with van der Waals surface area (Å²) in [4.78, 5) is 15.0. The molecule has 0 fully saturated rings. The Morgan fingerprint density at radius 1 is 1.62 bits per heavy atom.